The minimum absolute atomic E-state index is 0.332. The number of benzene rings is 1. The van der Waals surface area contributed by atoms with Gasteiger partial charge in [0.05, 0.1) is 0 Å². The molecule has 1 atom stereocenters. The molecule has 0 amide bonds. The van der Waals surface area contributed by atoms with Crippen molar-refractivity contribution in [1.29, 1.82) is 0 Å². The zero-order chi connectivity index (χ0) is 14.0. The van der Waals surface area contributed by atoms with Gasteiger partial charge in [-0.2, -0.15) is 0 Å². The molecule has 0 bridgehead atoms. The highest BCUT2D eigenvalue weighted by molar-refractivity contribution is 5.82. The summed E-state index contributed by atoms with van der Waals surface area (Å²) in [5.74, 6) is -0.717. The lowest BCUT2D eigenvalue weighted by Crippen LogP contribution is -2.48. The third-order valence-corrected chi connectivity index (χ3v) is 2.73. The van der Waals surface area contributed by atoms with E-state index in [1.807, 2.05) is 20.8 Å². The van der Waals surface area contributed by atoms with Crippen molar-refractivity contribution >= 4 is 5.97 Å². The first-order chi connectivity index (χ1) is 8.19. The first kappa shape index (κ1) is 14.6. The van der Waals surface area contributed by atoms with Gasteiger partial charge in [-0.25, -0.2) is 9.18 Å². The minimum Gasteiger partial charge on any atom is -0.458 e. The molecule has 0 saturated heterocycles. The fourth-order valence-corrected chi connectivity index (χ4v) is 1.53. The second-order valence-electron chi connectivity index (χ2n) is 5.38. The van der Waals surface area contributed by atoms with Gasteiger partial charge in [0.15, 0.2) is 0 Å². The summed E-state index contributed by atoms with van der Waals surface area (Å²) < 4.78 is 18.3. The van der Waals surface area contributed by atoms with E-state index in [1.165, 1.54) is 12.1 Å². The topological polar surface area (TPSA) is 38.3 Å². The summed E-state index contributed by atoms with van der Waals surface area (Å²) in [6.45, 7) is 7.15. The van der Waals surface area contributed by atoms with Crippen LogP contribution in [0.4, 0.5) is 4.39 Å². The van der Waals surface area contributed by atoms with Crippen LogP contribution in [-0.2, 0) is 15.1 Å². The number of likely N-dealkylation sites (N-methyl/N-ethyl adjacent to an activating group) is 1. The Balaban J connectivity index is 3.05. The van der Waals surface area contributed by atoms with Crippen molar-refractivity contribution in [3.05, 3.63) is 35.6 Å². The van der Waals surface area contributed by atoms with E-state index in [-0.39, 0.29) is 11.8 Å². The zero-order valence-electron chi connectivity index (χ0n) is 11.5. The standard InChI is InChI=1S/C14H20FNO2/c1-13(2,3)18-12(17)14(4,16-5)10-6-8-11(15)9-7-10/h6-9,16H,1-5H3. The summed E-state index contributed by atoms with van der Waals surface area (Å²) in [7, 11) is 1.67. The van der Waals surface area contributed by atoms with E-state index in [1.54, 1.807) is 26.1 Å². The van der Waals surface area contributed by atoms with Crippen LogP contribution in [0, 0.1) is 5.82 Å². The number of hydrogen-bond donors (Lipinski definition) is 1. The van der Waals surface area contributed by atoms with Crippen molar-refractivity contribution in [1.82, 2.24) is 5.32 Å². The third kappa shape index (κ3) is 3.29. The molecule has 0 aliphatic rings. The number of hydrogen-bond acceptors (Lipinski definition) is 3. The van der Waals surface area contributed by atoms with Crippen LogP contribution in [0.25, 0.3) is 0 Å². The van der Waals surface area contributed by atoms with E-state index in [9.17, 15) is 9.18 Å². The summed E-state index contributed by atoms with van der Waals surface area (Å²) in [6, 6.07) is 5.82. The fourth-order valence-electron chi connectivity index (χ4n) is 1.53. The maximum Gasteiger partial charge on any atom is 0.331 e. The first-order valence-corrected chi connectivity index (χ1v) is 5.87. The van der Waals surface area contributed by atoms with Crippen LogP contribution in [-0.4, -0.2) is 18.6 Å². The molecule has 1 aromatic rings. The van der Waals surface area contributed by atoms with Gasteiger partial charge in [0, 0.05) is 0 Å². The molecule has 4 heteroatoms. The van der Waals surface area contributed by atoms with E-state index in [4.69, 9.17) is 4.74 Å². The van der Waals surface area contributed by atoms with E-state index in [0.29, 0.717) is 5.56 Å². The Hall–Kier alpha value is -1.42. The zero-order valence-corrected chi connectivity index (χ0v) is 11.5. The monoisotopic (exact) mass is 253 g/mol. The lowest BCUT2D eigenvalue weighted by Gasteiger charge is -2.31. The van der Waals surface area contributed by atoms with E-state index in [0.717, 1.165) is 0 Å². The molecule has 1 unspecified atom stereocenters. The Bertz CT molecular complexity index is 422. The highest BCUT2D eigenvalue weighted by Gasteiger charge is 2.37. The van der Waals surface area contributed by atoms with Crippen molar-refractivity contribution in [2.75, 3.05) is 7.05 Å². The predicted molar refractivity (Wildman–Crippen MR) is 68.7 cm³/mol. The van der Waals surface area contributed by atoms with Gasteiger partial charge in [0.1, 0.15) is 17.0 Å². The molecular weight excluding hydrogens is 233 g/mol. The molecular formula is C14H20FNO2. The summed E-state index contributed by atoms with van der Waals surface area (Å²) in [5.41, 5.74) is -0.878. The SMILES string of the molecule is CNC(C)(C(=O)OC(C)(C)C)c1ccc(F)cc1. The van der Waals surface area contributed by atoms with Crippen LogP contribution in [0.5, 0.6) is 0 Å². The van der Waals surface area contributed by atoms with E-state index < -0.39 is 11.1 Å². The van der Waals surface area contributed by atoms with Crippen molar-refractivity contribution in [3.63, 3.8) is 0 Å². The maximum absolute atomic E-state index is 12.9. The molecule has 0 saturated carbocycles. The molecule has 0 heterocycles. The van der Waals surface area contributed by atoms with Crippen molar-refractivity contribution in [2.45, 2.75) is 38.8 Å². The van der Waals surface area contributed by atoms with E-state index in [2.05, 4.69) is 5.32 Å². The van der Waals surface area contributed by atoms with Crippen LogP contribution in [0.15, 0.2) is 24.3 Å². The second kappa shape index (κ2) is 5.06. The van der Waals surface area contributed by atoms with Gasteiger partial charge < -0.3 is 10.1 Å². The van der Waals surface area contributed by atoms with Crippen LogP contribution in [0.1, 0.15) is 33.3 Å². The predicted octanol–water partition coefficient (Wildman–Crippen LogP) is 2.60. The molecule has 0 fully saturated rings. The minimum atomic E-state index is -0.985. The Morgan fingerprint density at radius 3 is 2.06 bits per heavy atom. The number of ether oxygens (including phenoxy) is 1. The molecule has 1 aromatic carbocycles. The maximum atomic E-state index is 12.9. The number of carbonyl (C=O) groups is 1. The molecule has 0 radical (unpaired) electrons. The summed E-state index contributed by atoms with van der Waals surface area (Å²) in [6.07, 6.45) is 0. The van der Waals surface area contributed by atoms with Gasteiger partial charge in [0.2, 0.25) is 0 Å². The molecule has 18 heavy (non-hydrogen) atoms. The van der Waals surface area contributed by atoms with Crippen LogP contribution >= 0.6 is 0 Å². The summed E-state index contributed by atoms with van der Waals surface area (Å²) in [5, 5.41) is 2.94. The van der Waals surface area contributed by atoms with Gasteiger partial charge in [-0.3, -0.25) is 0 Å². The average molecular weight is 253 g/mol. The molecule has 100 valence electrons. The lowest BCUT2D eigenvalue weighted by atomic mass is 9.92. The largest absolute Gasteiger partial charge is 0.458 e. The normalized spacial score (nSPS) is 15.0. The smallest absolute Gasteiger partial charge is 0.331 e. The van der Waals surface area contributed by atoms with Crippen molar-refractivity contribution in [3.8, 4) is 0 Å². The van der Waals surface area contributed by atoms with Gasteiger partial charge in [0.25, 0.3) is 0 Å². The summed E-state index contributed by atoms with van der Waals surface area (Å²) in [4.78, 5) is 12.2. The molecule has 0 aliphatic carbocycles. The molecule has 3 nitrogen and oxygen atoms in total. The Morgan fingerprint density at radius 2 is 1.67 bits per heavy atom. The number of nitrogens with one attached hydrogen (secondary N) is 1. The van der Waals surface area contributed by atoms with Crippen molar-refractivity contribution in [2.24, 2.45) is 0 Å². The number of rotatable bonds is 3. The van der Waals surface area contributed by atoms with Crippen LogP contribution in [0.3, 0.4) is 0 Å². The quantitative estimate of drug-likeness (QED) is 0.841. The average Bonchev–Trinajstić information content (AvgIpc) is 2.26. The Kier molecular flexibility index (Phi) is 4.12. The highest BCUT2D eigenvalue weighted by Crippen LogP contribution is 2.24. The van der Waals surface area contributed by atoms with Crippen LogP contribution < -0.4 is 5.32 Å². The number of esters is 1. The highest BCUT2D eigenvalue weighted by atomic mass is 19.1. The van der Waals surface area contributed by atoms with Gasteiger partial charge in [-0.1, -0.05) is 12.1 Å². The second-order valence-corrected chi connectivity index (χ2v) is 5.38. The van der Waals surface area contributed by atoms with Crippen LogP contribution in [0.2, 0.25) is 0 Å². The Labute approximate surface area is 107 Å². The molecule has 0 spiro atoms. The number of halogens is 1. The Morgan fingerprint density at radius 1 is 1.17 bits per heavy atom. The third-order valence-electron chi connectivity index (χ3n) is 2.73. The van der Waals surface area contributed by atoms with Gasteiger partial charge in [-0.15, -0.1) is 0 Å². The molecule has 0 aliphatic heterocycles. The fraction of sp³-hybridized carbons (Fsp3) is 0.500. The van der Waals surface area contributed by atoms with Crippen molar-refractivity contribution < 1.29 is 13.9 Å². The van der Waals surface area contributed by atoms with Gasteiger partial charge >= 0.3 is 5.97 Å². The lowest BCUT2D eigenvalue weighted by molar-refractivity contribution is -0.162. The van der Waals surface area contributed by atoms with Gasteiger partial charge in [-0.05, 0) is 52.4 Å². The number of carbonyl (C=O) groups excluding carboxylic acids is 1. The summed E-state index contributed by atoms with van der Waals surface area (Å²) >= 11 is 0. The van der Waals surface area contributed by atoms with E-state index >= 15 is 0 Å². The first-order valence-electron chi connectivity index (χ1n) is 5.87. The molecule has 0 aromatic heterocycles. The molecule has 1 rings (SSSR count). The molecule has 1 N–H and O–H groups in total.